The van der Waals surface area contributed by atoms with Crippen LogP contribution in [0.1, 0.15) is 18.5 Å². The smallest absolute Gasteiger partial charge is 0.243 e. The maximum atomic E-state index is 12.8. The Balaban J connectivity index is 1.49. The molecule has 2 N–H and O–H groups in total. The molecule has 4 rings (SSSR count). The van der Waals surface area contributed by atoms with Crippen molar-refractivity contribution in [3.05, 3.63) is 64.6 Å². The second-order valence-corrected chi connectivity index (χ2v) is 7.40. The highest BCUT2D eigenvalue weighted by Gasteiger charge is 2.21. The van der Waals surface area contributed by atoms with Crippen molar-refractivity contribution in [2.45, 2.75) is 19.5 Å². The van der Waals surface area contributed by atoms with E-state index in [4.69, 9.17) is 12.2 Å². The molecule has 0 spiro atoms. The van der Waals surface area contributed by atoms with E-state index in [1.54, 1.807) is 39.9 Å². The fourth-order valence-corrected chi connectivity index (χ4v) is 3.80. The van der Waals surface area contributed by atoms with Gasteiger partial charge in [0.2, 0.25) is 5.91 Å². The first-order valence-electron chi connectivity index (χ1n) is 8.57. The van der Waals surface area contributed by atoms with E-state index in [0.29, 0.717) is 23.0 Å². The van der Waals surface area contributed by atoms with E-state index in [9.17, 15) is 4.79 Å². The highest BCUT2D eigenvalue weighted by Crippen LogP contribution is 2.25. The number of nitrogens with zero attached hydrogens (tertiary/aromatic N) is 5. The summed E-state index contributed by atoms with van der Waals surface area (Å²) in [4.78, 5) is 18.0. The number of carbonyl (C=O) groups is 1. The summed E-state index contributed by atoms with van der Waals surface area (Å²) in [7, 11) is 0. The molecule has 28 heavy (non-hydrogen) atoms. The van der Waals surface area contributed by atoms with Crippen LogP contribution in [0.25, 0.3) is 16.5 Å². The van der Waals surface area contributed by atoms with Crippen molar-refractivity contribution in [1.82, 2.24) is 34.8 Å². The minimum atomic E-state index is -0.504. The number of H-pyrrole nitrogens is 1. The summed E-state index contributed by atoms with van der Waals surface area (Å²) in [5, 5.41) is 16.2. The van der Waals surface area contributed by atoms with Crippen molar-refractivity contribution in [3.8, 4) is 16.5 Å². The summed E-state index contributed by atoms with van der Waals surface area (Å²) in [6, 6.07) is 8.96. The van der Waals surface area contributed by atoms with Crippen molar-refractivity contribution in [3.63, 3.8) is 0 Å². The third-order valence-electron chi connectivity index (χ3n) is 4.23. The predicted octanol–water partition coefficient (Wildman–Crippen LogP) is 3.13. The molecule has 4 heterocycles. The van der Waals surface area contributed by atoms with Gasteiger partial charge in [-0.25, -0.2) is 9.67 Å². The van der Waals surface area contributed by atoms with Crippen LogP contribution in [-0.2, 0) is 11.3 Å². The van der Waals surface area contributed by atoms with E-state index in [1.165, 1.54) is 0 Å². The highest BCUT2D eigenvalue weighted by molar-refractivity contribution is 7.71. The van der Waals surface area contributed by atoms with Gasteiger partial charge in [-0.2, -0.15) is 10.2 Å². The second kappa shape index (κ2) is 7.87. The highest BCUT2D eigenvalue weighted by atomic mass is 32.1. The second-order valence-electron chi connectivity index (χ2n) is 6.07. The molecule has 1 amide bonds. The van der Waals surface area contributed by atoms with Crippen molar-refractivity contribution >= 4 is 29.5 Å². The zero-order valence-corrected chi connectivity index (χ0v) is 16.6. The molecule has 4 aromatic heterocycles. The Kier molecular flexibility index (Phi) is 5.13. The summed E-state index contributed by atoms with van der Waals surface area (Å²) in [5.41, 5.74) is 0.926. The Hall–Kier alpha value is -3.11. The molecular formula is C18H17N7OS2. The number of aromatic nitrogens is 6. The Labute approximate surface area is 169 Å². The first-order chi connectivity index (χ1) is 13.6. The van der Waals surface area contributed by atoms with Crippen molar-refractivity contribution in [1.29, 1.82) is 0 Å². The zero-order valence-electron chi connectivity index (χ0n) is 14.9. The number of aromatic amines is 1. The lowest BCUT2D eigenvalue weighted by Gasteiger charge is -2.15. The van der Waals surface area contributed by atoms with Crippen LogP contribution in [0.2, 0.25) is 0 Å². The Morgan fingerprint density at radius 2 is 2.25 bits per heavy atom. The molecule has 10 heteroatoms. The average molecular weight is 412 g/mol. The van der Waals surface area contributed by atoms with Crippen molar-refractivity contribution in [2.75, 3.05) is 0 Å². The van der Waals surface area contributed by atoms with E-state index >= 15 is 0 Å². The zero-order chi connectivity index (χ0) is 19.5. The lowest BCUT2D eigenvalue weighted by molar-refractivity contribution is -0.124. The van der Waals surface area contributed by atoms with Crippen LogP contribution in [0.4, 0.5) is 0 Å². The molecule has 142 valence electrons. The van der Waals surface area contributed by atoms with Gasteiger partial charge >= 0.3 is 0 Å². The third-order valence-corrected chi connectivity index (χ3v) is 5.38. The van der Waals surface area contributed by atoms with Gasteiger partial charge in [0, 0.05) is 25.1 Å². The predicted molar refractivity (Wildman–Crippen MR) is 109 cm³/mol. The third kappa shape index (κ3) is 3.64. The van der Waals surface area contributed by atoms with Crippen LogP contribution in [0, 0.1) is 4.77 Å². The molecule has 0 fully saturated rings. The summed E-state index contributed by atoms with van der Waals surface area (Å²) < 4.78 is 3.82. The van der Waals surface area contributed by atoms with Gasteiger partial charge < -0.3 is 5.32 Å². The number of rotatable bonds is 6. The quantitative estimate of drug-likeness (QED) is 0.476. The van der Waals surface area contributed by atoms with Crippen LogP contribution < -0.4 is 5.32 Å². The molecule has 0 saturated carbocycles. The van der Waals surface area contributed by atoms with E-state index in [1.807, 2.05) is 41.9 Å². The Morgan fingerprint density at radius 3 is 3.00 bits per heavy atom. The van der Waals surface area contributed by atoms with E-state index < -0.39 is 6.04 Å². The van der Waals surface area contributed by atoms with Gasteiger partial charge in [0.25, 0.3) is 0 Å². The number of hydrogen-bond acceptors (Lipinski definition) is 6. The monoisotopic (exact) mass is 411 g/mol. The van der Waals surface area contributed by atoms with E-state index in [2.05, 4.69) is 25.6 Å². The average Bonchev–Trinajstić information content (AvgIpc) is 3.47. The summed E-state index contributed by atoms with van der Waals surface area (Å²) in [6.07, 6.45) is 5.21. The molecule has 1 atom stereocenters. The largest absolute Gasteiger partial charge is 0.350 e. The molecule has 0 aliphatic rings. The minimum absolute atomic E-state index is 0.146. The maximum absolute atomic E-state index is 12.8. The molecule has 0 aromatic carbocycles. The van der Waals surface area contributed by atoms with Gasteiger partial charge in [-0.3, -0.25) is 14.5 Å². The minimum Gasteiger partial charge on any atom is -0.350 e. The fraction of sp³-hybridized carbons (Fsp3) is 0.167. The molecule has 0 radical (unpaired) electrons. The van der Waals surface area contributed by atoms with Gasteiger partial charge in [-0.15, -0.1) is 11.3 Å². The van der Waals surface area contributed by atoms with Gasteiger partial charge in [0.05, 0.1) is 4.88 Å². The van der Waals surface area contributed by atoms with Crippen LogP contribution in [0.5, 0.6) is 0 Å². The van der Waals surface area contributed by atoms with Crippen LogP contribution >= 0.6 is 23.6 Å². The Bertz CT molecular complexity index is 1130. The standard InChI is InChI=1S/C18H17N7OS2/c1-12(25-16(22-23-18(25)27)14-4-2-9-28-14)17(26)20-11-13-5-7-19-15(10-13)24-8-3-6-21-24/h2-10,12H,11H2,1H3,(H,20,26)(H,23,27). The van der Waals surface area contributed by atoms with Crippen LogP contribution in [0.3, 0.4) is 0 Å². The molecule has 0 saturated heterocycles. The number of hydrogen-bond donors (Lipinski definition) is 2. The summed E-state index contributed by atoms with van der Waals surface area (Å²) in [5.74, 6) is 1.21. The molecule has 0 aliphatic carbocycles. The lowest BCUT2D eigenvalue weighted by Crippen LogP contribution is -2.31. The van der Waals surface area contributed by atoms with Gasteiger partial charge in [0.1, 0.15) is 6.04 Å². The maximum Gasteiger partial charge on any atom is 0.243 e. The van der Waals surface area contributed by atoms with Crippen LogP contribution in [0.15, 0.2) is 54.3 Å². The number of amides is 1. The van der Waals surface area contributed by atoms with Crippen molar-refractivity contribution < 1.29 is 4.79 Å². The topological polar surface area (TPSA) is 93.4 Å². The molecule has 8 nitrogen and oxygen atoms in total. The number of pyridine rings is 1. The fourth-order valence-electron chi connectivity index (χ4n) is 2.80. The first-order valence-corrected chi connectivity index (χ1v) is 9.85. The van der Waals surface area contributed by atoms with Gasteiger partial charge in [-0.05, 0) is 54.4 Å². The molecule has 4 aromatic rings. The van der Waals surface area contributed by atoms with E-state index in [-0.39, 0.29) is 5.91 Å². The number of thiophene rings is 1. The molecule has 0 aliphatic heterocycles. The summed E-state index contributed by atoms with van der Waals surface area (Å²) in [6.45, 7) is 2.18. The van der Waals surface area contributed by atoms with Crippen molar-refractivity contribution in [2.24, 2.45) is 0 Å². The number of carbonyl (C=O) groups excluding carboxylic acids is 1. The van der Waals surface area contributed by atoms with Gasteiger partial charge in [0.15, 0.2) is 16.4 Å². The van der Waals surface area contributed by atoms with Crippen LogP contribution in [-0.4, -0.2) is 35.4 Å². The first kappa shape index (κ1) is 18.3. The SMILES string of the molecule is CC(C(=O)NCc1ccnc(-n2cccn2)c1)n1c(-c2cccs2)n[nH]c1=S. The molecular weight excluding hydrogens is 394 g/mol. The molecule has 1 unspecified atom stereocenters. The molecule has 0 bridgehead atoms. The Morgan fingerprint density at radius 1 is 1.36 bits per heavy atom. The number of nitrogens with one attached hydrogen (secondary N) is 2. The van der Waals surface area contributed by atoms with E-state index in [0.717, 1.165) is 10.4 Å². The lowest BCUT2D eigenvalue weighted by atomic mass is 10.2. The summed E-state index contributed by atoms with van der Waals surface area (Å²) >= 11 is 6.88. The normalized spacial score (nSPS) is 12.0. The van der Waals surface area contributed by atoms with Gasteiger partial charge in [-0.1, -0.05) is 6.07 Å².